The second-order valence-electron chi connectivity index (χ2n) is 3.72. The topological polar surface area (TPSA) is 52.6 Å². The molecule has 0 radical (unpaired) electrons. The number of rotatable bonds is 5. The average Bonchev–Trinajstić information content (AvgIpc) is 2.11. The number of hydrogen-bond acceptors (Lipinski definition) is 4. The number of carbonyl (C=O) groups is 2. The van der Waals surface area contributed by atoms with Gasteiger partial charge in [-0.15, -0.1) is 0 Å². The molecule has 0 amide bonds. The molecule has 0 aromatic heterocycles. The van der Waals surface area contributed by atoms with E-state index in [-0.39, 0.29) is 11.9 Å². The molecular weight excluding hydrogens is 200 g/mol. The van der Waals surface area contributed by atoms with E-state index in [4.69, 9.17) is 9.47 Å². The normalized spacial score (nSPS) is 10.9. The summed E-state index contributed by atoms with van der Waals surface area (Å²) in [4.78, 5) is 21.3. The van der Waals surface area contributed by atoms with E-state index < -0.39 is 8.07 Å². The molecule has 0 spiro atoms. The van der Waals surface area contributed by atoms with E-state index in [1.165, 1.54) is 13.8 Å². The lowest BCUT2D eigenvalue weighted by Gasteiger charge is -2.23. The predicted molar refractivity (Wildman–Crippen MR) is 55.4 cm³/mol. The lowest BCUT2D eigenvalue weighted by atomic mass is 10.8. The van der Waals surface area contributed by atoms with Crippen LogP contribution in [0.25, 0.3) is 0 Å². The largest absolute Gasteiger partial charge is 0.469 e. The molecule has 0 aliphatic carbocycles. The van der Waals surface area contributed by atoms with Crippen LogP contribution in [0.4, 0.5) is 0 Å². The molecule has 14 heavy (non-hydrogen) atoms. The average molecular weight is 218 g/mol. The fourth-order valence-electron chi connectivity index (χ4n) is 0.798. The molecule has 0 aliphatic heterocycles. The first kappa shape index (κ1) is 13.2. The summed E-state index contributed by atoms with van der Waals surface area (Å²) in [5.41, 5.74) is 0. The van der Waals surface area contributed by atoms with Crippen molar-refractivity contribution < 1.29 is 19.1 Å². The first-order valence-electron chi connectivity index (χ1n) is 4.66. The lowest BCUT2D eigenvalue weighted by Crippen LogP contribution is -2.42. The van der Waals surface area contributed by atoms with Crippen molar-refractivity contribution in [3.8, 4) is 0 Å². The molecule has 0 atom stereocenters. The van der Waals surface area contributed by atoms with Crippen LogP contribution < -0.4 is 0 Å². The Labute approximate surface area is 85.6 Å². The van der Waals surface area contributed by atoms with Crippen molar-refractivity contribution in [2.24, 2.45) is 0 Å². The van der Waals surface area contributed by atoms with Crippen LogP contribution in [0, 0.1) is 0 Å². The van der Waals surface area contributed by atoms with Crippen molar-refractivity contribution in [3.63, 3.8) is 0 Å². The summed E-state index contributed by atoms with van der Waals surface area (Å²) in [5, 5.41) is 0. The molecule has 4 nitrogen and oxygen atoms in total. The highest BCUT2D eigenvalue weighted by Gasteiger charge is 2.28. The first-order chi connectivity index (χ1) is 6.39. The summed E-state index contributed by atoms with van der Waals surface area (Å²) in [6.07, 6.45) is 0.845. The van der Waals surface area contributed by atoms with Crippen molar-refractivity contribution in [1.82, 2.24) is 0 Å². The summed E-state index contributed by atoms with van der Waals surface area (Å²) in [7, 11) is -1.74. The summed E-state index contributed by atoms with van der Waals surface area (Å²) < 4.78 is 9.92. The molecule has 0 saturated carbocycles. The van der Waals surface area contributed by atoms with Crippen LogP contribution in [0.15, 0.2) is 0 Å². The number of carbonyl (C=O) groups excluding carboxylic acids is 2. The van der Waals surface area contributed by atoms with Crippen LogP contribution in [-0.4, -0.2) is 32.5 Å². The molecule has 82 valence electrons. The van der Waals surface area contributed by atoms with Gasteiger partial charge in [-0.2, -0.15) is 0 Å². The first-order valence-corrected chi connectivity index (χ1v) is 7.78. The Morgan fingerprint density at radius 3 is 1.64 bits per heavy atom. The Morgan fingerprint density at radius 2 is 1.43 bits per heavy atom. The SMILES string of the molecule is CC[Si](C)(COC(C)=O)COC(C)=O. The minimum Gasteiger partial charge on any atom is -0.469 e. The Hall–Kier alpha value is -0.843. The zero-order valence-electron chi connectivity index (χ0n) is 9.25. The molecular formula is C9H18O4Si. The van der Waals surface area contributed by atoms with Gasteiger partial charge >= 0.3 is 11.9 Å². The molecule has 0 bridgehead atoms. The Balaban J connectivity index is 4.03. The molecule has 0 aromatic carbocycles. The van der Waals surface area contributed by atoms with Crippen LogP contribution in [0.1, 0.15) is 20.8 Å². The van der Waals surface area contributed by atoms with Crippen molar-refractivity contribution >= 4 is 20.0 Å². The van der Waals surface area contributed by atoms with Gasteiger partial charge in [-0.05, 0) is 0 Å². The van der Waals surface area contributed by atoms with Crippen LogP contribution in [0.3, 0.4) is 0 Å². The van der Waals surface area contributed by atoms with Crippen LogP contribution in [0.2, 0.25) is 12.6 Å². The highest BCUT2D eigenvalue weighted by molar-refractivity contribution is 6.78. The zero-order valence-corrected chi connectivity index (χ0v) is 10.3. The molecule has 0 N–H and O–H groups in total. The van der Waals surface area contributed by atoms with Crippen LogP contribution >= 0.6 is 0 Å². The Morgan fingerprint density at radius 1 is 1.07 bits per heavy atom. The summed E-state index contributed by atoms with van der Waals surface area (Å²) in [5.74, 6) is -0.556. The van der Waals surface area contributed by atoms with E-state index in [0.29, 0.717) is 12.5 Å². The van der Waals surface area contributed by atoms with Crippen molar-refractivity contribution in [1.29, 1.82) is 0 Å². The van der Waals surface area contributed by atoms with Gasteiger partial charge in [0.25, 0.3) is 0 Å². The second kappa shape index (κ2) is 5.80. The Kier molecular flexibility index (Phi) is 5.45. The maximum atomic E-state index is 10.6. The third-order valence-corrected chi connectivity index (χ3v) is 5.49. The van der Waals surface area contributed by atoms with Crippen LogP contribution in [-0.2, 0) is 19.1 Å². The quantitative estimate of drug-likeness (QED) is 0.515. The fourth-order valence-corrected chi connectivity index (χ4v) is 2.39. The zero-order chi connectivity index (χ0) is 11.2. The highest BCUT2D eigenvalue weighted by atomic mass is 28.3. The van der Waals surface area contributed by atoms with E-state index in [1.54, 1.807) is 0 Å². The summed E-state index contributed by atoms with van der Waals surface area (Å²) >= 11 is 0. The van der Waals surface area contributed by atoms with Gasteiger partial charge in [0.05, 0.1) is 12.5 Å². The molecule has 0 unspecified atom stereocenters. The number of ether oxygens (including phenoxy) is 2. The van der Waals surface area contributed by atoms with Gasteiger partial charge in [0.1, 0.15) is 8.07 Å². The van der Waals surface area contributed by atoms with Gasteiger partial charge in [-0.1, -0.05) is 19.5 Å². The third kappa shape index (κ3) is 5.74. The molecule has 5 heteroatoms. The van der Waals surface area contributed by atoms with Gasteiger partial charge in [0.2, 0.25) is 0 Å². The third-order valence-electron chi connectivity index (χ3n) is 2.10. The fraction of sp³-hybridized carbons (Fsp3) is 0.778. The molecule has 0 saturated heterocycles. The molecule has 0 aliphatic rings. The van der Waals surface area contributed by atoms with E-state index in [0.717, 1.165) is 6.04 Å². The number of esters is 2. The van der Waals surface area contributed by atoms with Crippen molar-refractivity contribution in [2.45, 2.75) is 33.4 Å². The molecule has 0 aromatic rings. The van der Waals surface area contributed by atoms with Crippen molar-refractivity contribution in [3.05, 3.63) is 0 Å². The minimum absolute atomic E-state index is 0.278. The minimum atomic E-state index is -1.74. The van der Waals surface area contributed by atoms with E-state index in [2.05, 4.69) is 6.55 Å². The molecule has 0 rings (SSSR count). The van der Waals surface area contributed by atoms with Crippen molar-refractivity contribution in [2.75, 3.05) is 12.5 Å². The number of hydrogen-bond donors (Lipinski definition) is 0. The monoisotopic (exact) mass is 218 g/mol. The Bertz CT molecular complexity index is 197. The highest BCUT2D eigenvalue weighted by Crippen LogP contribution is 2.10. The molecule has 0 heterocycles. The smallest absolute Gasteiger partial charge is 0.302 e. The van der Waals surface area contributed by atoms with E-state index in [9.17, 15) is 9.59 Å². The second-order valence-corrected chi connectivity index (χ2v) is 8.63. The summed E-state index contributed by atoms with van der Waals surface area (Å²) in [6.45, 7) is 6.85. The van der Waals surface area contributed by atoms with E-state index >= 15 is 0 Å². The van der Waals surface area contributed by atoms with Gasteiger partial charge in [0.15, 0.2) is 0 Å². The standard InChI is InChI=1S/C9H18O4Si/c1-5-14(4,6-12-8(2)10)7-13-9(3)11/h5-7H2,1-4H3. The van der Waals surface area contributed by atoms with E-state index in [1.807, 2.05) is 6.92 Å². The van der Waals surface area contributed by atoms with Gasteiger partial charge in [0, 0.05) is 13.8 Å². The lowest BCUT2D eigenvalue weighted by molar-refractivity contribution is -0.139. The van der Waals surface area contributed by atoms with Crippen LogP contribution in [0.5, 0.6) is 0 Å². The maximum Gasteiger partial charge on any atom is 0.302 e. The van der Waals surface area contributed by atoms with Gasteiger partial charge in [-0.25, -0.2) is 0 Å². The van der Waals surface area contributed by atoms with Gasteiger partial charge < -0.3 is 9.47 Å². The predicted octanol–water partition coefficient (Wildman–Crippen LogP) is 1.29. The summed E-state index contributed by atoms with van der Waals surface area (Å²) in [6, 6.07) is 0.924. The molecule has 0 fully saturated rings. The van der Waals surface area contributed by atoms with Gasteiger partial charge in [-0.3, -0.25) is 9.59 Å². The maximum absolute atomic E-state index is 10.6.